The van der Waals surface area contributed by atoms with E-state index < -0.39 is 15.5 Å². The molecule has 0 aliphatic carbocycles. The van der Waals surface area contributed by atoms with Gasteiger partial charge >= 0.3 is 5.63 Å². The molecule has 2 aromatic rings. The Labute approximate surface area is 157 Å². The first-order valence-electron chi connectivity index (χ1n) is 8.56. The first kappa shape index (κ1) is 19.2. The molecule has 0 bridgehead atoms. The minimum absolute atomic E-state index is 0.0193. The van der Waals surface area contributed by atoms with Crippen LogP contribution in [0.2, 0.25) is 0 Å². The van der Waals surface area contributed by atoms with E-state index in [0.717, 1.165) is 11.8 Å². The van der Waals surface area contributed by atoms with Crippen LogP contribution in [0, 0.1) is 6.92 Å². The maximum Gasteiger partial charge on any atom is 0.339 e. The third-order valence-corrected chi connectivity index (χ3v) is 5.48. The first-order valence-corrected chi connectivity index (χ1v) is 10.4. The standard InChI is InChI=1S/C19H21NO6S/c1-13-9-15(10-19(22)25-13)26-16-11-20(12-16)18(21)8-5-14-3-6-17(7-4-14)27(2,23)24/h3-4,6-7,9-10,16H,5,8,11-12H2,1-2H3. The first-order chi connectivity index (χ1) is 12.7. The number of hydrogen-bond acceptors (Lipinski definition) is 6. The molecule has 0 saturated carbocycles. The van der Waals surface area contributed by atoms with Crippen LogP contribution in [0.25, 0.3) is 0 Å². The summed E-state index contributed by atoms with van der Waals surface area (Å²) in [4.78, 5) is 25.5. The van der Waals surface area contributed by atoms with Crippen molar-refractivity contribution in [1.82, 2.24) is 4.90 Å². The average Bonchev–Trinajstić information content (AvgIpc) is 2.54. The Morgan fingerprint density at radius 3 is 2.48 bits per heavy atom. The molecule has 3 rings (SSSR count). The summed E-state index contributed by atoms with van der Waals surface area (Å²) in [6, 6.07) is 9.51. The van der Waals surface area contributed by atoms with Crippen LogP contribution >= 0.6 is 0 Å². The molecule has 1 aromatic carbocycles. The molecule has 7 nitrogen and oxygen atoms in total. The molecule has 1 aliphatic rings. The fourth-order valence-corrected chi connectivity index (χ4v) is 3.50. The molecule has 1 aromatic heterocycles. The highest BCUT2D eigenvalue weighted by molar-refractivity contribution is 7.90. The van der Waals surface area contributed by atoms with Crippen LogP contribution in [0.5, 0.6) is 5.75 Å². The van der Waals surface area contributed by atoms with Gasteiger partial charge in [0.15, 0.2) is 9.84 Å². The number of amides is 1. The molecule has 144 valence electrons. The highest BCUT2D eigenvalue weighted by atomic mass is 32.2. The monoisotopic (exact) mass is 391 g/mol. The van der Waals surface area contributed by atoms with E-state index in [1.165, 1.54) is 6.07 Å². The number of likely N-dealkylation sites (tertiary alicyclic amines) is 1. The van der Waals surface area contributed by atoms with Gasteiger partial charge in [-0.3, -0.25) is 4.79 Å². The Hall–Kier alpha value is -2.61. The molecular weight excluding hydrogens is 370 g/mol. The molecule has 0 unspecified atom stereocenters. The fourth-order valence-electron chi connectivity index (χ4n) is 2.87. The van der Waals surface area contributed by atoms with Gasteiger partial charge in [0.1, 0.15) is 17.6 Å². The molecule has 2 heterocycles. The van der Waals surface area contributed by atoms with Crippen LogP contribution in [-0.2, 0) is 21.1 Å². The van der Waals surface area contributed by atoms with E-state index in [1.807, 2.05) is 0 Å². The van der Waals surface area contributed by atoms with E-state index in [1.54, 1.807) is 42.2 Å². The normalized spacial score (nSPS) is 14.7. The predicted molar refractivity (Wildman–Crippen MR) is 98.6 cm³/mol. The fraction of sp³-hybridized carbons (Fsp3) is 0.368. The molecule has 0 spiro atoms. The van der Waals surface area contributed by atoms with Crippen LogP contribution in [0.15, 0.2) is 50.5 Å². The summed E-state index contributed by atoms with van der Waals surface area (Å²) >= 11 is 0. The Morgan fingerprint density at radius 2 is 1.89 bits per heavy atom. The maximum absolute atomic E-state index is 12.2. The van der Waals surface area contributed by atoms with E-state index >= 15 is 0 Å². The summed E-state index contributed by atoms with van der Waals surface area (Å²) in [7, 11) is -3.21. The predicted octanol–water partition coefficient (Wildman–Crippen LogP) is 1.57. The number of nitrogens with zero attached hydrogens (tertiary/aromatic N) is 1. The lowest BCUT2D eigenvalue weighted by Crippen LogP contribution is -2.56. The minimum Gasteiger partial charge on any atom is -0.486 e. The molecule has 1 amide bonds. The van der Waals surface area contributed by atoms with Crippen LogP contribution in [0.4, 0.5) is 0 Å². The van der Waals surface area contributed by atoms with Crippen molar-refractivity contribution in [3.05, 3.63) is 58.1 Å². The third kappa shape index (κ3) is 4.97. The molecule has 0 radical (unpaired) electrons. The number of rotatable bonds is 6. The van der Waals surface area contributed by atoms with Crippen LogP contribution in [-0.4, -0.2) is 44.7 Å². The van der Waals surface area contributed by atoms with Gasteiger partial charge in [-0.1, -0.05) is 12.1 Å². The zero-order valence-electron chi connectivity index (χ0n) is 15.2. The smallest absolute Gasteiger partial charge is 0.339 e. The summed E-state index contributed by atoms with van der Waals surface area (Å²) in [6.45, 7) is 2.63. The van der Waals surface area contributed by atoms with Crippen molar-refractivity contribution in [2.24, 2.45) is 0 Å². The Bertz CT molecular complexity index is 988. The van der Waals surface area contributed by atoms with Crippen molar-refractivity contribution < 1.29 is 22.4 Å². The minimum atomic E-state index is -3.21. The average molecular weight is 391 g/mol. The third-order valence-electron chi connectivity index (χ3n) is 4.35. The maximum atomic E-state index is 12.2. The van der Waals surface area contributed by atoms with Crippen LogP contribution in [0.1, 0.15) is 17.7 Å². The lowest BCUT2D eigenvalue weighted by molar-refractivity contribution is -0.139. The number of ether oxygens (including phenoxy) is 1. The summed E-state index contributed by atoms with van der Waals surface area (Å²) in [5.41, 5.74) is 0.453. The SMILES string of the molecule is Cc1cc(OC2CN(C(=O)CCc3ccc(S(C)(=O)=O)cc3)C2)cc(=O)o1. The van der Waals surface area contributed by atoms with Crippen molar-refractivity contribution in [3.8, 4) is 5.75 Å². The lowest BCUT2D eigenvalue weighted by Gasteiger charge is -2.39. The highest BCUT2D eigenvalue weighted by Gasteiger charge is 2.32. The molecular formula is C19H21NO6S. The molecule has 0 N–H and O–H groups in total. The van der Waals surface area contributed by atoms with Gasteiger partial charge in [-0.2, -0.15) is 0 Å². The summed E-state index contributed by atoms with van der Waals surface area (Å²) < 4.78 is 33.5. The second kappa shape index (κ2) is 7.56. The number of sulfone groups is 1. The van der Waals surface area contributed by atoms with E-state index in [4.69, 9.17) is 9.15 Å². The molecule has 1 aliphatic heterocycles. The largest absolute Gasteiger partial charge is 0.486 e. The molecule has 1 fully saturated rings. The number of carbonyl (C=O) groups is 1. The van der Waals surface area contributed by atoms with Crippen LogP contribution < -0.4 is 10.4 Å². The van der Waals surface area contributed by atoms with Gasteiger partial charge < -0.3 is 14.1 Å². The van der Waals surface area contributed by atoms with Crippen molar-refractivity contribution >= 4 is 15.7 Å². The zero-order valence-corrected chi connectivity index (χ0v) is 16.0. The van der Waals surface area contributed by atoms with Crippen molar-refractivity contribution in [2.75, 3.05) is 19.3 Å². The van der Waals surface area contributed by atoms with Gasteiger partial charge in [-0.05, 0) is 31.0 Å². The number of carbonyl (C=O) groups excluding carboxylic acids is 1. The quantitative estimate of drug-likeness (QED) is 0.742. The van der Waals surface area contributed by atoms with Crippen LogP contribution in [0.3, 0.4) is 0 Å². The van der Waals surface area contributed by atoms with E-state index in [9.17, 15) is 18.0 Å². The van der Waals surface area contributed by atoms with Crippen molar-refractivity contribution in [3.63, 3.8) is 0 Å². The molecule has 1 saturated heterocycles. The number of benzene rings is 1. The van der Waals surface area contributed by atoms with Gasteiger partial charge in [-0.25, -0.2) is 13.2 Å². The molecule has 0 atom stereocenters. The second-order valence-corrected chi connectivity index (χ2v) is 8.69. The van der Waals surface area contributed by atoms with Gasteiger partial charge in [0, 0.05) is 18.7 Å². The Balaban J connectivity index is 1.46. The van der Waals surface area contributed by atoms with E-state index in [2.05, 4.69) is 0 Å². The Morgan fingerprint density at radius 1 is 1.22 bits per heavy atom. The summed E-state index contributed by atoms with van der Waals surface area (Å²) in [5, 5.41) is 0. The second-order valence-electron chi connectivity index (χ2n) is 6.68. The van der Waals surface area contributed by atoms with Crippen molar-refractivity contribution in [1.29, 1.82) is 0 Å². The molecule has 8 heteroatoms. The van der Waals surface area contributed by atoms with Gasteiger partial charge in [-0.15, -0.1) is 0 Å². The Kier molecular flexibility index (Phi) is 5.36. The van der Waals surface area contributed by atoms with Gasteiger partial charge in [0.25, 0.3) is 0 Å². The zero-order chi connectivity index (χ0) is 19.6. The van der Waals surface area contributed by atoms with E-state index in [-0.39, 0.29) is 16.9 Å². The number of aryl methyl sites for hydroxylation is 2. The van der Waals surface area contributed by atoms with Gasteiger partial charge in [0.05, 0.1) is 24.1 Å². The van der Waals surface area contributed by atoms with Gasteiger partial charge in [0.2, 0.25) is 5.91 Å². The topological polar surface area (TPSA) is 93.9 Å². The van der Waals surface area contributed by atoms with E-state index in [0.29, 0.717) is 37.4 Å². The number of hydrogen-bond donors (Lipinski definition) is 0. The van der Waals surface area contributed by atoms with Crippen molar-refractivity contribution in [2.45, 2.75) is 30.8 Å². The molecule has 27 heavy (non-hydrogen) atoms. The highest BCUT2D eigenvalue weighted by Crippen LogP contribution is 2.19. The summed E-state index contributed by atoms with van der Waals surface area (Å²) in [5.74, 6) is 0.948. The summed E-state index contributed by atoms with van der Waals surface area (Å²) in [6.07, 6.45) is 1.92. The lowest BCUT2D eigenvalue weighted by atomic mass is 10.1.